The van der Waals surface area contributed by atoms with Gasteiger partial charge >= 0.3 is 0 Å². The smallest absolute Gasteiger partial charge is 0.227 e. The highest BCUT2D eigenvalue weighted by Gasteiger charge is 2.13. The Kier molecular flexibility index (Phi) is 5.19. The maximum Gasteiger partial charge on any atom is 0.227 e. The summed E-state index contributed by atoms with van der Waals surface area (Å²) in [5.74, 6) is 0.138. The van der Waals surface area contributed by atoms with Crippen molar-refractivity contribution in [2.24, 2.45) is 0 Å². The summed E-state index contributed by atoms with van der Waals surface area (Å²) in [7, 11) is 0. The van der Waals surface area contributed by atoms with Gasteiger partial charge in [0.2, 0.25) is 5.91 Å². The number of carbonyl (C=O) groups is 1. The zero-order valence-electron chi connectivity index (χ0n) is 11.6. The molecule has 2 rings (SSSR count). The average Bonchev–Trinajstić information content (AvgIpc) is 2.47. The second-order valence-corrected chi connectivity index (χ2v) is 5.04. The first-order valence-electron chi connectivity index (χ1n) is 6.80. The summed E-state index contributed by atoms with van der Waals surface area (Å²) in [6, 6.07) is 17.4. The third kappa shape index (κ3) is 3.84. The quantitative estimate of drug-likeness (QED) is 0.802. The standard InChI is InChI=1S/C17H18ClNO/c1-2-19(16-9-4-3-5-10-16)17(20)12-11-14-7-6-8-15(18)13-14/h3-10,13H,2,11-12H2,1H3. The van der Waals surface area contributed by atoms with E-state index in [2.05, 4.69) is 0 Å². The van der Waals surface area contributed by atoms with Crippen molar-refractivity contribution < 1.29 is 4.79 Å². The minimum absolute atomic E-state index is 0.138. The van der Waals surface area contributed by atoms with Crippen LogP contribution in [0.2, 0.25) is 5.02 Å². The predicted molar refractivity (Wildman–Crippen MR) is 84.2 cm³/mol. The van der Waals surface area contributed by atoms with Crippen LogP contribution in [0.5, 0.6) is 0 Å². The zero-order valence-corrected chi connectivity index (χ0v) is 12.3. The molecule has 0 radical (unpaired) electrons. The number of carbonyl (C=O) groups excluding carboxylic acids is 1. The molecule has 0 aliphatic heterocycles. The lowest BCUT2D eigenvalue weighted by Crippen LogP contribution is -2.30. The van der Waals surface area contributed by atoms with E-state index in [0.29, 0.717) is 24.4 Å². The Morgan fingerprint density at radius 2 is 1.85 bits per heavy atom. The number of amides is 1. The molecular formula is C17H18ClNO. The second-order valence-electron chi connectivity index (χ2n) is 4.60. The molecule has 0 atom stereocenters. The molecule has 0 spiro atoms. The van der Waals surface area contributed by atoms with Crippen LogP contribution >= 0.6 is 11.6 Å². The van der Waals surface area contributed by atoms with Gasteiger partial charge in [-0.15, -0.1) is 0 Å². The molecule has 2 nitrogen and oxygen atoms in total. The SMILES string of the molecule is CCN(C(=O)CCc1cccc(Cl)c1)c1ccccc1. The third-order valence-corrected chi connectivity index (χ3v) is 3.44. The van der Waals surface area contributed by atoms with Crippen LogP contribution in [0.1, 0.15) is 18.9 Å². The van der Waals surface area contributed by atoms with Crippen molar-refractivity contribution in [2.75, 3.05) is 11.4 Å². The molecule has 1 amide bonds. The van der Waals surface area contributed by atoms with E-state index >= 15 is 0 Å². The minimum Gasteiger partial charge on any atom is -0.313 e. The third-order valence-electron chi connectivity index (χ3n) is 3.20. The van der Waals surface area contributed by atoms with Crippen molar-refractivity contribution in [2.45, 2.75) is 19.8 Å². The number of anilines is 1. The number of hydrogen-bond donors (Lipinski definition) is 0. The first kappa shape index (κ1) is 14.6. The first-order chi connectivity index (χ1) is 9.70. The minimum atomic E-state index is 0.138. The Morgan fingerprint density at radius 1 is 1.10 bits per heavy atom. The molecule has 0 bridgehead atoms. The lowest BCUT2D eigenvalue weighted by Gasteiger charge is -2.21. The van der Waals surface area contributed by atoms with Gasteiger partial charge in [0, 0.05) is 23.7 Å². The first-order valence-corrected chi connectivity index (χ1v) is 7.18. The molecule has 0 aliphatic rings. The van der Waals surface area contributed by atoms with E-state index in [9.17, 15) is 4.79 Å². The van der Waals surface area contributed by atoms with Gasteiger partial charge in [0.25, 0.3) is 0 Å². The van der Waals surface area contributed by atoms with Gasteiger partial charge in [0.05, 0.1) is 0 Å². The lowest BCUT2D eigenvalue weighted by molar-refractivity contribution is -0.118. The molecule has 0 saturated heterocycles. The Labute approximate surface area is 125 Å². The maximum atomic E-state index is 12.3. The molecule has 2 aromatic carbocycles. The van der Waals surface area contributed by atoms with Crippen molar-refractivity contribution in [1.82, 2.24) is 0 Å². The van der Waals surface area contributed by atoms with Gasteiger partial charge < -0.3 is 4.90 Å². The molecule has 0 aliphatic carbocycles. The highest BCUT2D eigenvalue weighted by molar-refractivity contribution is 6.30. The van der Waals surface area contributed by atoms with E-state index < -0.39 is 0 Å². The second kappa shape index (κ2) is 7.11. The van der Waals surface area contributed by atoms with Gasteiger partial charge in [-0.2, -0.15) is 0 Å². The van der Waals surface area contributed by atoms with Crippen LogP contribution in [0, 0.1) is 0 Å². The van der Waals surface area contributed by atoms with Crippen molar-refractivity contribution in [3.63, 3.8) is 0 Å². The summed E-state index contributed by atoms with van der Waals surface area (Å²) in [6.07, 6.45) is 1.20. The number of halogens is 1. The number of nitrogens with zero attached hydrogens (tertiary/aromatic N) is 1. The molecule has 104 valence electrons. The molecule has 20 heavy (non-hydrogen) atoms. The van der Waals surface area contributed by atoms with Gasteiger partial charge in [0.15, 0.2) is 0 Å². The Morgan fingerprint density at radius 3 is 2.50 bits per heavy atom. The molecule has 0 aromatic heterocycles. The number of para-hydroxylation sites is 1. The maximum absolute atomic E-state index is 12.3. The number of benzene rings is 2. The summed E-state index contributed by atoms with van der Waals surface area (Å²) in [4.78, 5) is 14.1. The molecule has 0 saturated carbocycles. The largest absolute Gasteiger partial charge is 0.313 e. The summed E-state index contributed by atoms with van der Waals surface area (Å²) >= 11 is 5.95. The fourth-order valence-corrected chi connectivity index (χ4v) is 2.40. The Balaban J connectivity index is 2.00. The van der Waals surface area contributed by atoms with Gasteiger partial charge in [0.1, 0.15) is 0 Å². The van der Waals surface area contributed by atoms with Crippen molar-refractivity contribution in [1.29, 1.82) is 0 Å². The predicted octanol–water partition coefficient (Wildman–Crippen LogP) is 4.33. The van der Waals surface area contributed by atoms with Crippen molar-refractivity contribution in [3.05, 3.63) is 65.2 Å². The summed E-state index contributed by atoms with van der Waals surface area (Å²) in [6.45, 7) is 2.67. The van der Waals surface area contributed by atoms with Crippen LogP contribution in [0.3, 0.4) is 0 Å². The Hall–Kier alpha value is -1.80. The lowest BCUT2D eigenvalue weighted by atomic mass is 10.1. The molecule has 0 fully saturated rings. The van der Waals surface area contributed by atoms with Crippen molar-refractivity contribution in [3.8, 4) is 0 Å². The van der Waals surface area contributed by atoms with E-state index in [1.807, 2.05) is 66.4 Å². The number of hydrogen-bond acceptors (Lipinski definition) is 1. The molecule has 0 unspecified atom stereocenters. The molecule has 3 heteroatoms. The number of aryl methyl sites for hydroxylation is 1. The molecule has 2 aromatic rings. The van der Waals surface area contributed by atoms with Gasteiger partial charge in [-0.05, 0) is 43.2 Å². The fraction of sp³-hybridized carbons (Fsp3) is 0.235. The Bertz CT molecular complexity index is 568. The van der Waals surface area contributed by atoms with Gasteiger partial charge in [-0.1, -0.05) is 41.9 Å². The van der Waals surface area contributed by atoms with Gasteiger partial charge in [-0.25, -0.2) is 0 Å². The van der Waals surface area contributed by atoms with Crippen LogP contribution in [0.4, 0.5) is 5.69 Å². The van der Waals surface area contributed by atoms with Crippen LogP contribution in [0.15, 0.2) is 54.6 Å². The van der Waals surface area contributed by atoms with E-state index in [-0.39, 0.29) is 5.91 Å². The van der Waals surface area contributed by atoms with E-state index in [0.717, 1.165) is 11.3 Å². The summed E-state index contributed by atoms with van der Waals surface area (Å²) in [5, 5.41) is 0.713. The van der Waals surface area contributed by atoms with Crippen molar-refractivity contribution >= 4 is 23.2 Å². The fourth-order valence-electron chi connectivity index (χ4n) is 2.19. The van der Waals surface area contributed by atoms with Crippen LogP contribution in [-0.2, 0) is 11.2 Å². The zero-order chi connectivity index (χ0) is 14.4. The van der Waals surface area contributed by atoms with Gasteiger partial charge in [-0.3, -0.25) is 4.79 Å². The van der Waals surface area contributed by atoms with Crippen LogP contribution in [0.25, 0.3) is 0 Å². The van der Waals surface area contributed by atoms with Crippen LogP contribution in [-0.4, -0.2) is 12.5 Å². The topological polar surface area (TPSA) is 20.3 Å². The number of rotatable bonds is 5. The molecule has 0 heterocycles. The highest BCUT2D eigenvalue weighted by Crippen LogP contribution is 2.16. The summed E-state index contributed by atoms with van der Waals surface area (Å²) < 4.78 is 0. The van der Waals surface area contributed by atoms with E-state index in [4.69, 9.17) is 11.6 Å². The van der Waals surface area contributed by atoms with Crippen LogP contribution < -0.4 is 4.90 Å². The molecular weight excluding hydrogens is 270 g/mol. The average molecular weight is 288 g/mol. The highest BCUT2D eigenvalue weighted by atomic mass is 35.5. The van der Waals surface area contributed by atoms with E-state index in [1.54, 1.807) is 0 Å². The van der Waals surface area contributed by atoms with E-state index in [1.165, 1.54) is 0 Å². The molecule has 0 N–H and O–H groups in total. The summed E-state index contributed by atoms with van der Waals surface area (Å²) in [5.41, 5.74) is 2.04. The monoisotopic (exact) mass is 287 g/mol. The normalized spacial score (nSPS) is 10.3.